The van der Waals surface area contributed by atoms with Crippen LogP contribution in [-0.4, -0.2) is 21.8 Å². The summed E-state index contributed by atoms with van der Waals surface area (Å²) in [5.41, 5.74) is 3.01. The Bertz CT molecular complexity index is 774. The van der Waals surface area contributed by atoms with Gasteiger partial charge in [0.2, 0.25) is 5.91 Å². The van der Waals surface area contributed by atoms with E-state index in [1.165, 1.54) is 0 Å². The number of benzene rings is 1. The van der Waals surface area contributed by atoms with Crippen molar-refractivity contribution in [2.45, 2.75) is 20.3 Å². The van der Waals surface area contributed by atoms with E-state index in [-0.39, 0.29) is 5.91 Å². The number of hydrogen-bond acceptors (Lipinski definition) is 3. The Kier molecular flexibility index (Phi) is 4.24. The van der Waals surface area contributed by atoms with Crippen molar-refractivity contribution < 1.29 is 4.79 Å². The molecule has 3 rings (SSSR count). The lowest BCUT2D eigenvalue weighted by molar-refractivity contribution is -0.120. The monoisotopic (exact) mass is 313 g/mol. The van der Waals surface area contributed by atoms with Crippen LogP contribution in [0.15, 0.2) is 41.9 Å². The number of nitrogens with zero attached hydrogens (tertiary/aromatic N) is 2. The van der Waals surface area contributed by atoms with Gasteiger partial charge in [-0.15, -0.1) is 11.3 Å². The highest BCUT2D eigenvalue weighted by molar-refractivity contribution is 7.15. The summed E-state index contributed by atoms with van der Waals surface area (Å²) >= 11 is 1.57. The van der Waals surface area contributed by atoms with Crippen LogP contribution in [-0.2, 0) is 11.2 Å². The van der Waals surface area contributed by atoms with Crippen LogP contribution in [0, 0.1) is 5.92 Å². The molecule has 0 saturated carbocycles. The quantitative estimate of drug-likeness (QED) is 0.785. The smallest absolute Gasteiger partial charge is 0.225 e. The zero-order chi connectivity index (χ0) is 15.5. The van der Waals surface area contributed by atoms with Gasteiger partial charge in [0, 0.05) is 29.4 Å². The maximum Gasteiger partial charge on any atom is 0.225 e. The van der Waals surface area contributed by atoms with Crippen molar-refractivity contribution in [3.63, 3.8) is 0 Å². The van der Waals surface area contributed by atoms with Gasteiger partial charge in [0.25, 0.3) is 0 Å². The largest absolute Gasteiger partial charge is 0.356 e. The second-order valence-corrected chi connectivity index (χ2v) is 6.58. The van der Waals surface area contributed by atoms with E-state index in [1.54, 1.807) is 11.3 Å². The van der Waals surface area contributed by atoms with Crippen molar-refractivity contribution in [1.29, 1.82) is 0 Å². The van der Waals surface area contributed by atoms with Crippen LogP contribution >= 0.6 is 11.3 Å². The zero-order valence-corrected chi connectivity index (χ0v) is 13.6. The lowest BCUT2D eigenvalue weighted by Crippen LogP contribution is -2.28. The third kappa shape index (κ3) is 3.20. The number of carbonyl (C=O) groups is 1. The molecule has 4 nitrogen and oxygen atoms in total. The molecule has 0 aliphatic rings. The average molecular weight is 313 g/mol. The number of fused-ring (bicyclic) bond motifs is 1. The highest BCUT2D eigenvalue weighted by Gasteiger charge is 2.12. The molecular weight excluding hydrogens is 294 g/mol. The van der Waals surface area contributed by atoms with E-state index in [1.807, 2.05) is 46.3 Å². The van der Waals surface area contributed by atoms with Crippen molar-refractivity contribution in [2.24, 2.45) is 5.92 Å². The summed E-state index contributed by atoms with van der Waals surface area (Å²) in [4.78, 5) is 17.6. The average Bonchev–Trinajstić information content (AvgIpc) is 3.08. The van der Waals surface area contributed by atoms with Crippen molar-refractivity contribution >= 4 is 22.2 Å². The molecule has 5 heteroatoms. The number of thiazole rings is 1. The molecule has 1 N–H and O–H groups in total. The first kappa shape index (κ1) is 14.8. The Labute approximate surface area is 133 Å². The topological polar surface area (TPSA) is 46.4 Å². The Morgan fingerprint density at radius 3 is 2.82 bits per heavy atom. The van der Waals surface area contributed by atoms with E-state index in [4.69, 9.17) is 0 Å². The third-order valence-electron chi connectivity index (χ3n) is 3.40. The Balaban J connectivity index is 1.80. The van der Waals surface area contributed by atoms with E-state index >= 15 is 0 Å². The van der Waals surface area contributed by atoms with E-state index in [9.17, 15) is 4.79 Å². The minimum atomic E-state index is 0.0587. The first-order valence-corrected chi connectivity index (χ1v) is 8.29. The Morgan fingerprint density at radius 2 is 2.09 bits per heavy atom. The molecule has 0 aliphatic carbocycles. The van der Waals surface area contributed by atoms with Gasteiger partial charge in [-0.25, -0.2) is 4.98 Å². The highest BCUT2D eigenvalue weighted by Crippen LogP contribution is 2.23. The van der Waals surface area contributed by atoms with Gasteiger partial charge in [-0.05, 0) is 5.92 Å². The van der Waals surface area contributed by atoms with E-state index < -0.39 is 0 Å². The second-order valence-electron chi connectivity index (χ2n) is 5.75. The van der Waals surface area contributed by atoms with Gasteiger partial charge in [-0.3, -0.25) is 9.20 Å². The summed E-state index contributed by atoms with van der Waals surface area (Å²) < 4.78 is 2.02. The molecule has 22 heavy (non-hydrogen) atoms. The molecule has 0 radical (unpaired) electrons. The Hall–Kier alpha value is -2.14. The molecule has 114 valence electrons. The van der Waals surface area contributed by atoms with Gasteiger partial charge < -0.3 is 5.32 Å². The fraction of sp³-hybridized carbons (Fsp3) is 0.294. The molecule has 1 amide bonds. The molecule has 0 atom stereocenters. The molecule has 0 bridgehead atoms. The molecule has 0 unspecified atom stereocenters. The predicted octanol–water partition coefficient (Wildman–Crippen LogP) is 3.38. The van der Waals surface area contributed by atoms with Crippen molar-refractivity contribution in [2.75, 3.05) is 6.54 Å². The van der Waals surface area contributed by atoms with E-state index in [0.29, 0.717) is 18.9 Å². The Morgan fingerprint density at radius 1 is 1.32 bits per heavy atom. The van der Waals surface area contributed by atoms with Crippen LogP contribution in [0.25, 0.3) is 16.2 Å². The third-order valence-corrected chi connectivity index (χ3v) is 4.29. The summed E-state index contributed by atoms with van der Waals surface area (Å²) in [7, 11) is 0. The van der Waals surface area contributed by atoms with E-state index in [2.05, 4.69) is 24.1 Å². The molecular formula is C17H19N3OS. The van der Waals surface area contributed by atoms with Crippen LogP contribution < -0.4 is 5.32 Å². The van der Waals surface area contributed by atoms with Gasteiger partial charge in [-0.1, -0.05) is 44.2 Å². The van der Waals surface area contributed by atoms with Crippen LogP contribution in [0.3, 0.4) is 0 Å². The predicted molar refractivity (Wildman–Crippen MR) is 90.1 cm³/mol. The normalized spacial score (nSPS) is 11.2. The summed E-state index contributed by atoms with van der Waals surface area (Å²) in [6.07, 6.45) is 2.39. The molecule has 2 aromatic heterocycles. The number of hydrogen-bond donors (Lipinski definition) is 1. The number of carbonyl (C=O) groups excluding carboxylic acids is 1. The van der Waals surface area contributed by atoms with Crippen LogP contribution in [0.4, 0.5) is 0 Å². The maximum absolute atomic E-state index is 12.0. The lowest BCUT2D eigenvalue weighted by Gasteiger charge is -2.06. The number of aromatic nitrogens is 2. The van der Waals surface area contributed by atoms with Gasteiger partial charge in [0.1, 0.15) is 0 Å². The van der Waals surface area contributed by atoms with Gasteiger partial charge in [0.15, 0.2) is 4.96 Å². The van der Waals surface area contributed by atoms with Crippen LogP contribution in [0.2, 0.25) is 0 Å². The standard InChI is InChI=1S/C17H19N3OS/c1-12(2)9-18-16(21)8-14-11-22-17-19-15(10-20(14)17)13-6-4-3-5-7-13/h3-7,10-12H,8-9H2,1-2H3,(H,18,21). The summed E-state index contributed by atoms with van der Waals surface area (Å²) in [6, 6.07) is 10.1. The lowest BCUT2D eigenvalue weighted by atomic mass is 10.2. The molecule has 0 saturated heterocycles. The first-order valence-electron chi connectivity index (χ1n) is 7.41. The number of amides is 1. The zero-order valence-electron chi connectivity index (χ0n) is 12.7. The van der Waals surface area contributed by atoms with E-state index in [0.717, 1.165) is 21.9 Å². The number of rotatable bonds is 5. The van der Waals surface area contributed by atoms with Gasteiger partial charge in [0.05, 0.1) is 12.1 Å². The molecule has 1 aromatic carbocycles. The molecule has 0 spiro atoms. The highest BCUT2D eigenvalue weighted by atomic mass is 32.1. The second kappa shape index (κ2) is 6.32. The van der Waals surface area contributed by atoms with Crippen molar-refractivity contribution in [3.8, 4) is 11.3 Å². The molecule has 0 fully saturated rings. The fourth-order valence-electron chi connectivity index (χ4n) is 2.25. The minimum absolute atomic E-state index is 0.0587. The molecule has 0 aliphatic heterocycles. The van der Waals surface area contributed by atoms with Gasteiger partial charge in [-0.2, -0.15) is 0 Å². The minimum Gasteiger partial charge on any atom is -0.356 e. The summed E-state index contributed by atoms with van der Waals surface area (Å²) in [6.45, 7) is 4.89. The van der Waals surface area contributed by atoms with Crippen LogP contribution in [0.5, 0.6) is 0 Å². The number of nitrogens with one attached hydrogen (secondary N) is 1. The molecule has 3 aromatic rings. The van der Waals surface area contributed by atoms with Crippen LogP contribution in [0.1, 0.15) is 19.5 Å². The van der Waals surface area contributed by atoms with Crippen molar-refractivity contribution in [3.05, 3.63) is 47.6 Å². The SMILES string of the molecule is CC(C)CNC(=O)Cc1csc2nc(-c3ccccc3)cn12. The van der Waals surface area contributed by atoms with Crippen molar-refractivity contribution in [1.82, 2.24) is 14.7 Å². The first-order chi connectivity index (χ1) is 10.6. The fourth-order valence-corrected chi connectivity index (χ4v) is 3.12. The number of imidazole rings is 1. The summed E-state index contributed by atoms with van der Waals surface area (Å²) in [5.74, 6) is 0.521. The summed E-state index contributed by atoms with van der Waals surface area (Å²) in [5, 5.41) is 4.96. The van der Waals surface area contributed by atoms with Gasteiger partial charge >= 0.3 is 0 Å². The maximum atomic E-state index is 12.0. The molecule has 2 heterocycles.